The number of benzene rings is 2. The Kier molecular flexibility index (Phi) is 4.02. The Morgan fingerprint density at radius 1 is 1.26 bits per heavy atom. The van der Waals surface area contributed by atoms with Crippen LogP contribution in [0, 0.1) is 5.82 Å². The highest BCUT2D eigenvalue weighted by atomic mass is 35.5. The molecule has 0 heterocycles. The summed E-state index contributed by atoms with van der Waals surface area (Å²) in [6.45, 7) is 0. The molecule has 0 unspecified atom stereocenters. The van der Waals surface area contributed by atoms with Gasteiger partial charge in [-0.2, -0.15) is 0 Å². The molecule has 0 aliphatic carbocycles. The second-order valence-corrected chi connectivity index (χ2v) is 4.94. The number of thiocarbonyl (C=S) groups is 1. The number of hydrogen-bond donors (Lipinski definition) is 1. The SMILES string of the molecule is CN(c1cccc(F)c1)c1cc(Cl)ccc1C(N)=S. The van der Waals surface area contributed by atoms with Crippen LogP contribution in [0.5, 0.6) is 0 Å². The second kappa shape index (κ2) is 5.55. The maximum atomic E-state index is 13.3. The summed E-state index contributed by atoms with van der Waals surface area (Å²) in [5.74, 6) is -0.303. The molecule has 2 aromatic carbocycles. The summed E-state index contributed by atoms with van der Waals surface area (Å²) in [5.41, 5.74) is 7.83. The fourth-order valence-electron chi connectivity index (χ4n) is 1.81. The van der Waals surface area contributed by atoms with Crippen LogP contribution in [0.15, 0.2) is 42.5 Å². The van der Waals surface area contributed by atoms with Crippen LogP contribution in [0.1, 0.15) is 5.56 Å². The van der Waals surface area contributed by atoms with Crippen molar-refractivity contribution in [3.63, 3.8) is 0 Å². The van der Waals surface area contributed by atoms with Gasteiger partial charge in [-0.15, -0.1) is 0 Å². The molecule has 0 aromatic heterocycles. The zero-order chi connectivity index (χ0) is 14.0. The normalized spacial score (nSPS) is 10.3. The second-order valence-electron chi connectivity index (χ2n) is 4.06. The van der Waals surface area contributed by atoms with Crippen LogP contribution < -0.4 is 10.6 Å². The molecule has 0 bridgehead atoms. The van der Waals surface area contributed by atoms with Gasteiger partial charge in [0.25, 0.3) is 0 Å². The first-order valence-electron chi connectivity index (χ1n) is 5.57. The Morgan fingerprint density at radius 2 is 2.00 bits per heavy atom. The number of anilines is 2. The van der Waals surface area contributed by atoms with E-state index in [0.717, 1.165) is 5.69 Å². The molecule has 0 atom stereocenters. The van der Waals surface area contributed by atoms with E-state index in [1.54, 1.807) is 35.2 Å². The van der Waals surface area contributed by atoms with Crippen molar-refractivity contribution in [3.8, 4) is 0 Å². The highest BCUT2D eigenvalue weighted by Gasteiger charge is 2.12. The van der Waals surface area contributed by atoms with E-state index < -0.39 is 0 Å². The maximum Gasteiger partial charge on any atom is 0.125 e. The van der Waals surface area contributed by atoms with Crippen LogP contribution in [0.25, 0.3) is 0 Å². The summed E-state index contributed by atoms with van der Waals surface area (Å²) < 4.78 is 13.3. The van der Waals surface area contributed by atoms with Gasteiger partial charge in [-0.05, 0) is 36.4 Å². The molecule has 2 nitrogen and oxygen atoms in total. The molecule has 5 heteroatoms. The zero-order valence-corrected chi connectivity index (χ0v) is 11.8. The van der Waals surface area contributed by atoms with Gasteiger partial charge in [0.05, 0.1) is 5.69 Å². The lowest BCUT2D eigenvalue weighted by atomic mass is 10.1. The van der Waals surface area contributed by atoms with Gasteiger partial charge in [0, 0.05) is 23.3 Å². The quantitative estimate of drug-likeness (QED) is 0.871. The molecule has 19 heavy (non-hydrogen) atoms. The largest absolute Gasteiger partial charge is 0.389 e. The summed E-state index contributed by atoms with van der Waals surface area (Å²) in [6.07, 6.45) is 0. The smallest absolute Gasteiger partial charge is 0.125 e. The number of nitrogens with two attached hydrogens (primary N) is 1. The van der Waals surface area contributed by atoms with Gasteiger partial charge in [-0.25, -0.2) is 4.39 Å². The molecule has 0 fully saturated rings. The van der Waals surface area contributed by atoms with Gasteiger partial charge in [-0.1, -0.05) is 29.9 Å². The van der Waals surface area contributed by atoms with Crippen molar-refractivity contribution in [2.75, 3.05) is 11.9 Å². The van der Waals surface area contributed by atoms with E-state index in [-0.39, 0.29) is 10.8 Å². The van der Waals surface area contributed by atoms with Gasteiger partial charge < -0.3 is 10.6 Å². The molecule has 0 amide bonds. The zero-order valence-electron chi connectivity index (χ0n) is 10.2. The van der Waals surface area contributed by atoms with Crippen LogP contribution in [-0.4, -0.2) is 12.0 Å². The predicted molar refractivity (Wildman–Crippen MR) is 81.8 cm³/mol. The lowest BCUT2D eigenvalue weighted by molar-refractivity contribution is 0.628. The fourth-order valence-corrected chi connectivity index (χ4v) is 2.15. The Labute approximate surface area is 121 Å². The average Bonchev–Trinajstić information content (AvgIpc) is 2.37. The third-order valence-corrected chi connectivity index (χ3v) is 3.24. The first kappa shape index (κ1) is 13.8. The van der Waals surface area contributed by atoms with E-state index in [2.05, 4.69) is 0 Å². The van der Waals surface area contributed by atoms with Crippen molar-refractivity contribution >= 4 is 40.2 Å². The Balaban J connectivity index is 2.51. The van der Waals surface area contributed by atoms with Crippen molar-refractivity contribution in [2.45, 2.75) is 0 Å². The summed E-state index contributed by atoms with van der Waals surface area (Å²) >= 11 is 11.0. The maximum absolute atomic E-state index is 13.3. The summed E-state index contributed by atoms with van der Waals surface area (Å²) in [6, 6.07) is 11.5. The number of rotatable bonds is 3. The number of halogens is 2. The summed E-state index contributed by atoms with van der Waals surface area (Å²) in [4.78, 5) is 2.07. The average molecular weight is 295 g/mol. The number of nitrogens with zero attached hydrogens (tertiary/aromatic N) is 1. The predicted octanol–water partition coefficient (Wildman–Crippen LogP) is 3.88. The molecule has 0 saturated heterocycles. The van der Waals surface area contributed by atoms with Gasteiger partial charge in [0.2, 0.25) is 0 Å². The minimum atomic E-state index is -0.303. The van der Waals surface area contributed by atoms with E-state index in [1.165, 1.54) is 12.1 Å². The van der Waals surface area contributed by atoms with E-state index in [9.17, 15) is 4.39 Å². The van der Waals surface area contributed by atoms with Crippen LogP contribution in [0.4, 0.5) is 15.8 Å². The van der Waals surface area contributed by atoms with Gasteiger partial charge in [0.15, 0.2) is 0 Å². The van der Waals surface area contributed by atoms with Crippen molar-refractivity contribution in [1.29, 1.82) is 0 Å². The lowest BCUT2D eigenvalue weighted by Crippen LogP contribution is -2.17. The topological polar surface area (TPSA) is 29.3 Å². The Morgan fingerprint density at radius 3 is 2.63 bits per heavy atom. The summed E-state index contributed by atoms with van der Waals surface area (Å²) in [7, 11) is 1.81. The molecule has 0 aliphatic rings. The molecular formula is C14H12ClFN2S. The standard InChI is InChI=1S/C14H12ClFN2S/c1-18(11-4-2-3-10(16)8-11)13-7-9(15)5-6-12(13)14(17)19/h2-8H,1H3,(H2,17,19). The molecule has 2 rings (SSSR count). The molecule has 98 valence electrons. The van der Waals surface area contributed by atoms with E-state index in [1.807, 2.05) is 7.05 Å². The fraction of sp³-hybridized carbons (Fsp3) is 0.0714. The Hall–Kier alpha value is -1.65. The third kappa shape index (κ3) is 3.03. The third-order valence-electron chi connectivity index (χ3n) is 2.78. The molecule has 0 spiro atoms. The molecular weight excluding hydrogens is 283 g/mol. The first-order valence-corrected chi connectivity index (χ1v) is 6.36. The molecule has 2 aromatic rings. The van der Waals surface area contributed by atoms with Crippen molar-refractivity contribution in [3.05, 3.63) is 58.9 Å². The summed E-state index contributed by atoms with van der Waals surface area (Å²) in [5, 5.41) is 0.568. The molecule has 0 saturated carbocycles. The highest BCUT2D eigenvalue weighted by molar-refractivity contribution is 7.80. The molecule has 0 radical (unpaired) electrons. The first-order chi connectivity index (χ1) is 8.99. The molecule has 0 aliphatic heterocycles. The van der Waals surface area contributed by atoms with E-state index in [0.29, 0.717) is 16.3 Å². The van der Waals surface area contributed by atoms with Crippen LogP contribution >= 0.6 is 23.8 Å². The monoisotopic (exact) mass is 294 g/mol. The Bertz CT molecular complexity index is 631. The van der Waals surface area contributed by atoms with Crippen LogP contribution in [0.2, 0.25) is 5.02 Å². The van der Waals surface area contributed by atoms with Crippen LogP contribution in [-0.2, 0) is 0 Å². The van der Waals surface area contributed by atoms with E-state index >= 15 is 0 Å². The minimum Gasteiger partial charge on any atom is -0.389 e. The minimum absolute atomic E-state index is 0.273. The highest BCUT2D eigenvalue weighted by Crippen LogP contribution is 2.30. The van der Waals surface area contributed by atoms with Crippen molar-refractivity contribution in [2.24, 2.45) is 5.73 Å². The van der Waals surface area contributed by atoms with Gasteiger partial charge >= 0.3 is 0 Å². The van der Waals surface area contributed by atoms with Crippen LogP contribution in [0.3, 0.4) is 0 Å². The van der Waals surface area contributed by atoms with Crippen molar-refractivity contribution in [1.82, 2.24) is 0 Å². The van der Waals surface area contributed by atoms with Gasteiger partial charge in [-0.3, -0.25) is 0 Å². The van der Waals surface area contributed by atoms with Crippen molar-refractivity contribution < 1.29 is 4.39 Å². The number of hydrogen-bond acceptors (Lipinski definition) is 2. The van der Waals surface area contributed by atoms with E-state index in [4.69, 9.17) is 29.6 Å². The molecule has 2 N–H and O–H groups in total. The van der Waals surface area contributed by atoms with Gasteiger partial charge in [0.1, 0.15) is 10.8 Å². The lowest BCUT2D eigenvalue weighted by Gasteiger charge is -2.22.